The van der Waals surface area contributed by atoms with Gasteiger partial charge in [0, 0.05) is 37.2 Å². The van der Waals surface area contributed by atoms with Crippen LogP contribution in [0.15, 0.2) is 30.3 Å². The first-order valence-corrected chi connectivity index (χ1v) is 11.7. The largest absolute Gasteiger partial charge is 0.493 e. The standard InChI is InChI=1S/C25H32F2N4O3/c1-3-34-23-14-21(27)20(26)13-18(23)17-4-5-22-19(12-17)24(30-29-22)25(32)28-15-16-6-8-31(9-7-16)10-11-33-2/h4-5,12-14,16,25,28,32H,3,6-11,15H2,1-2H3,(H,29,30). The number of hydrogen-bond donors (Lipinski definition) is 3. The number of hydrogen-bond acceptors (Lipinski definition) is 6. The molecule has 0 bridgehead atoms. The molecule has 3 N–H and O–H groups in total. The van der Waals surface area contributed by atoms with Gasteiger partial charge in [0.1, 0.15) is 12.0 Å². The highest BCUT2D eigenvalue weighted by Gasteiger charge is 2.22. The van der Waals surface area contributed by atoms with E-state index in [0.29, 0.717) is 46.8 Å². The van der Waals surface area contributed by atoms with Gasteiger partial charge in [-0.2, -0.15) is 5.10 Å². The second-order valence-corrected chi connectivity index (χ2v) is 8.65. The molecule has 2 heterocycles. The molecule has 1 aliphatic rings. The van der Waals surface area contributed by atoms with Crippen molar-refractivity contribution in [3.8, 4) is 16.9 Å². The third kappa shape index (κ3) is 5.55. The van der Waals surface area contributed by atoms with Gasteiger partial charge in [0.05, 0.1) is 24.4 Å². The number of rotatable bonds is 10. The zero-order valence-corrected chi connectivity index (χ0v) is 19.6. The van der Waals surface area contributed by atoms with E-state index in [1.165, 1.54) is 0 Å². The Labute approximate surface area is 198 Å². The third-order valence-electron chi connectivity index (χ3n) is 6.41. The number of benzene rings is 2. The van der Waals surface area contributed by atoms with Crippen molar-refractivity contribution in [3.63, 3.8) is 0 Å². The van der Waals surface area contributed by atoms with Gasteiger partial charge in [0.2, 0.25) is 0 Å². The fourth-order valence-corrected chi connectivity index (χ4v) is 4.45. The molecule has 0 spiro atoms. The second kappa shape index (κ2) is 11.2. The minimum Gasteiger partial charge on any atom is -0.493 e. The Hall–Kier alpha value is -2.59. The normalized spacial score (nSPS) is 16.3. The molecule has 1 unspecified atom stereocenters. The Morgan fingerprint density at radius 2 is 1.97 bits per heavy atom. The molecule has 34 heavy (non-hydrogen) atoms. The van der Waals surface area contributed by atoms with Crippen LogP contribution >= 0.6 is 0 Å². The molecule has 4 rings (SSSR count). The smallest absolute Gasteiger partial charge is 0.162 e. The molecule has 1 fully saturated rings. The first kappa shape index (κ1) is 24.5. The van der Waals surface area contributed by atoms with Gasteiger partial charge in [-0.05, 0) is 62.5 Å². The van der Waals surface area contributed by atoms with Crippen molar-refractivity contribution in [2.45, 2.75) is 26.0 Å². The fraction of sp³-hybridized carbons (Fsp3) is 0.480. The summed E-state index contributed by atoms with van der Waals surface area (Å²) in [5, 5.41) is 22.0. The van der Waals surface area contributed by atoms with Crippen molar-refractivity contribution in [3.05, 3.63) is 47.7 Å². The Balaban J connectivity index is 1.47. The van der Waals surface area contributed by atoms with Gasteiger partial charge in [-0.1, -0.05) is 6.07 Å². The van der Waals surface area contributed by atoms with Crippen molar-refractivity contribution in [2.24, 2.45) is 5.92 Å². The highest BCUT2D eigenvalue weighted by atomic mass is 19.2. The number of aromatic amines is 1. The lowest BCUT2D eigenvalue weighted by atomic mass is 9.96. The number of aliphatic hydroxyl groups is 1. The lowest BCUT2D eigenvalue weighted by Crippen LogP contribution is -2.39. The van der Waals surface area contributed by atoms with Crippen molar-refractivity contribution in [1.82, 2.24) is 20.4 Å². The van der Waals surface area contributed by atoms with Crippen LogP contribution in [0.4, 0.5) is 8.78 Å². The van der Waals surface area contributed by atoms with E-state index < -0.39 is 17.9 Å². The number of piperidine rings is 1. The molecular formula is C25H32F2N4O3. The lowest BCUT2D eigenvalue weighted by Gasteiger charge is -2.32. The van der Waals surface area contributed by atoms with Gasteiger partial charge in [0.25, 0.3) is 0 Å². The molecule has 3 aromatic rings. The quantitative estimate of drug-likeness (QED) is 0.387. The summed E-state index contributed by atoms with van der Waals surface area (Å²) in [5.41, 5.74) is 2.30. The number of aliphatic hydroxyl groups excluding tert-OH is 1. The maximum absolute atomic E-state index is 14.0. The van der Waals surface area contributed by atoms with Crippen LogP contribution in [0.25, 0.3) is 22.0 Å². The number of likely N-dealkylation sites (tertiary alicyclic amines) is 1. The van der Waals surface area contributed by atoms with Crippen LogP contribution in [0.2, 0.25) is 0 Å². The number of methoxy groups -OCH3 is 1. The van der Waals surface area contributed by atoms with Crippen molar-refractivity contribution in [2.75, 3.05) is 46.5 Å². The fourth-order valence-electron chi connectivity index (χ4n) is 4.45. The maximum Gasteiger partial charge on any atom is 0.162 e. The SMILES string of the molecule is CCOc1cc(F)c(F)cc1-c1ccc2n[nH]c(C(O)NCC3CCN(CCOC)CC3)c2c1. The summed E-state index contributed by atoms with van der Waals surface area (Å²) >= 11 is 0. The van der Waals surface area contributed by atoms with Crippen molar-refractivity contribution in [1.29, 1.82) is 0 Å². The molecule has 0 saturated carbocycles. The first-order valence-electron chi connectivity index (χ1n) is 11.7. The number of ether oxygens (including phenoxy) is 2. The summed E-state index contributed by atoms with van der Waals surface area (Å²) in [6, 6.07) is 7.56. The number of H-pyrrole nitrogens is 1. The monoisotopic (exact) mass is 474 g/mol. The van der Waals surface area contributed by atoms with Crippen LogP contribution in [0.1, 0.15) is 31.7 Å². The summed E-state index contributed by atoms with van der Waals surface area (Å²) in [7, 11) is 1.72. The molecule has 2 aromatic carbocycles. The maximum atomic E-state index is 14.0. The van der Waals surface area contributed by atoms with Crippen LogP contribution in [-0.2, 0) is 4.74 Å². The Kier molecular flexibility index (Phi) is 8.10. The van der Waals surface area contributed by atoms with Crippen LogP contribution in [0, 0.1) is 17.6 Å². The van der Waals surface area contributed by atoms with Crippen LogP contribution in [0.5, 0.6) is 5.75 Å². The van der Waals surface area contributed by atoms with E-state index in [0.717, 1.165) is 51.2 Å². The van der Waals surface area contributed by atoms with Crippen LogP contribution in [0.3, 0.4) is 0 Å². The van der Waals surface area contributed by atoms with Crippen LogP contribution < -0.4 is 10.1 Å². The summed E-state index contributed by atoms with van der Waals surface area (Å²) in [5.74, 6) is -1.15. The average Bonchev–Trinajstić information content (AvgIpc) is 3.27. The van der Waals surface area contributed by atoms with Crippen molar-refractivity contribution >= 4 is 10.9 Å². The zero-order chi connectivity index (χ0) is 24.1. The molecule has 1 aliphatic heterocycles. The molecule has 0 radical (unpaired) electrons. The Morgan fingerprint density at radius 3 is 2.71 bits per heavy atom. The van der Waals surface area contributed by atoms with Gasteiger partial charge in [-0.25, -0.2) is 8.78 Å². The zero-order valence-electron chi connectivity index (χ0n) is 19.6. The van der Waals surface area contributed by atoms with Gasteiger partial charge in [-0.3, -0.25) is 10.4 Å². The molecule has 1 saturated heterocycles. The van der Waals surface area contributed by atoms with E-state index in [1.807, 2.05) is 6.07 Å². The Bertz CT molecular complexity index is 1100. The Morgan fingerprint density at radius 1 is 1.21 bits per heavy atom. The summed E-state index contributed by atoms with van der Waals surface area (Å²) in [6.07, 6.45) is 1.20. The molecule has 1 atom stereocenters. The lowest BCUT2D eigenvalue weighted by molar-refractivity contribution is 0.102. The van der Waals surface area contributed by atoms with Gasteiger partial charge < -0.3 is 19.5 Å². The van der Waals surface area contributed by atoms with Gasteiger partial charge in [-0.15, -0.1) is 0 Å². The van der Waals surface area contributed by atoms with E-state index >= 15 is 0 Å². The second-order valence-electron chi connectivity index (χ2n) is 8.65. The molecule has 184 valence electrons. The molecule has 7 nitrogen and oxygen atoms in total. The number of aromatic nitrogens is 2. The van der Waals surface area contributed by atoms with E-state index in [9.17, 15) is 13.9 Å². The topological polar surface area (TPSA) is 82.6 Å². The van der Waals surface area contributed by atoms with E-state index in [1.54, 1.807) is 26.2 Å². The first-order chi connectivity index (χ1) is 16.5. The number of nitrogens with one attached hydrogen (secondary N) is 2. The molecular weight excluding hydrogens is 442 g/mol. The summed E-state index contributed by atoms with van der Waals surface area (Å²) in [6.45, 7) is 6.55. The van der Waals surface area contributed by atoms with Crippen LogP contribution in [-0.4, -0.2) is 66.7 Å². The summed E-state index contributed by atoms with van der Waals surface area (Å²) in [4.78, 5) is 2.40. The highest BCUT2D eigenvalue weighted by molar-refractivity contribution is 5.88. The van der Waals surface area contributed by atoms with E-state index in [2.05, 4.69) is 20.4 Å². The minimum atomic E-state index is -0.957. The van der Waals surface area contributed by atoms with E-state index in [-0.39, 0.29) is 5.75 Å². The highest BCUT2D eigenvalue weighted by Crippen LogP contribution is 2.35. The molecule has 0 aliphatic carbocycles. The number of fused-ring (bicyclic) bond motifs is 1. The van der Waals surface area contributed by atoms with Crippen molar-refractivity contribution < 1.29 is 23.4 Å². The average molecular weight is 475 g/mol. The predicted molar refractivity (Wildman–Crippen MR) is 127 cm³/mol. The third-order valence-corrected chi connectivity index (χ3v) is 6.41. The number of halogens is 2. The molecule has 1 aromatic heterocycles. The van der Waals surface area contributed by atoms with Gasteiger partial charge in [0.15, 0.2) is 11.6 Å². The minimum absolute atomic E-state index is 0.265. The molecule has 0 amide bonds. The number of nitrogens with zero attached hydrogens (tertiary/aromatic N) is 2. The van der Waals surface area contributed by atoms with E-state index in [4.69, 9.17) is 9.47 Å². The summed E-state index contributed by atoms with van der Waals surface area (Å²) < 4.78 is 38.5. The van der Waals surface area contributed by atoms with Gasteiger partial charge >= 0.3 is 0 Å². The molecule has 9 heteroatoms. The predicted octanol–water partition coefficient (Wildman–Crippen LogP) is 3.85.